The van der Waals surface area contributed by atoms with E-state index in [1.165, 1.54) is 0 Å². The van der Waals surface area contributed by atoms with Crippen LogP contribution in [0.1, 0.15) is 22.6 Å². The van der Waals surface area contributed by atoms with Gasteiger partial charge in [-0.2, -0.15) is 5.10 Å². The zero-order valence-corrected chi connectivity index (χ0v) is 14.6. The topological polar surface area (TPSA) is 59.8 Å². The number of hydrogen-bond donors (Lipinski definition) is 1. The first-order valence-corrected chi connectivity index (χ1v) is 8.78. The SMILES string of the molecule is Cc1cc(C)n(-c2nc(CCNC(=O)Cc3ccccc3)cs2)n1. The summed E-state index contributed by atoms with van der Waals surface area (Å²) in [7, 11) is 0. The third kappa shape index (κ3) is 4.08. The van der Waals surface area contributed by atoms with Crippen LogP contribution < -0.4 is 5.32 Å². The van der Waals surface area contributed by atoms with E-state index in [9.17, 15) is 4.79 Å². The Labute approximate surface area is 145 Å². The fourth-order valence-electron chi connectivity index (χ4n) is 2.50. The number of hydrogen-bond acceptors (Lipinski definition) is 4. The van der Waals surface area contributed by atoms with Gasteiger partial charge in [0.2, 0.25) is 11.0 Å². The van der Waals surface area contributed by atoms with Crippen molar-refractivity contribution >= 4 is 17.2 Å². The number of nitrogens with one attached hydrogen (secondary N) is 1. The molecule has 1 aromatic carbocycles. The lowest BCUT2D eigenvalue weighted by molar-refractivity contribution is -0.120. The second-order valence-corrected chi connectivity index (χ2v) is 6.56. The molecule has 0 aliphatic carbocycles. The second kappa shape index (κ2) is 7.40. The Kier molecular flexibility index (Phi) is 5.05. The highest BCUT2D eigenvalue weighted by atomic mass is 32.1. The molecule has 6 heteroatoms. The Bertz CT molecular complexity index is 823. The Hall–Kier alpha value is -2.47. The zero-order chi connectivity index (χ0) is 16.9. The molecule has 5 nitrogen and oxygen atoms in total. The summed E-state index contributed by atoms with van der Waals surface area (Å²) in [6.07, 6.45) is 1.13. The van der Waals surface area contributed by atoms with Gasteiger partial charge in [-0.3, -0.25) is 4.79 Å². The molecule has 2 heterocycles. The van der Waals surface area contributed by atoms with Gasteiger partial charge in [-0.25, -0.2) is 9.67 Å². The predicted molar refractivity (Wildman–Crippen MR) is 95.6 cm³/mol. The van der Waals surface area contributed by atoms with Crippen molar-refractivity contribution in [1.29, 1.82) is 0 Å². The van der Waals surface area contributed by atoms with Gasteiger partial charge < -0.3 is 5.32 Å². The van der Waals surface area contributed by atoms with E-state index in [-0.39, 0.29) is 5.91 Å². The van der Waals surface area contributed by atoms with Gasteiger partial charge in [-0.1, -0.05) is 30.3 Å². The highest BCUT2D eigenvalue weighted by Gasteiger charge is 2.09. The summed E-state index contributed by atoms with van der Waals surface area (Å²) in [6.45, 7) is 4.58. The van der Waals surface area contributed by atoms with E-state index in [1.807, 2.05) is 60.3 Å². The number of amides is 1. The molecule has 24 heavy (non-hydrogen) atoms. The fourth-order valence-corrected chi connectivity index (χ4v) is 3.37. The van der Waals surface area contributed by atoms with E-state index in [2.05, 4.69) is 15.4 Å². The van der Waals surface area contributed by atoms with E-state index in [4.69, 9.17) is 0 Å². The smallest absolute Gasteiger partial charge is 0.224 e. The van der Waals surface area contributed by atoms with Crippen LogP contribution in [-0.2, 0) is 17.6 Å². The number of aromatic nitrogens is 3. The molecule has 0 spiro atoms. The van der Waals surface area contributed by atoms with Crippen molar-refractivity contribution in [3.63, 3.8) is 0 Å². The summed E-state index contributed by atoms with van der Waals surface area (Å²) in [5.74, 6) is 0.0372. The third-order valence-corrected chi connectivity index (χ3v) is 4.51. The summed E-state index contributed by atoms with van der Waals surface area (Å²) in [6, 6.07) is 11.8. The molecule has 0 radical (unpaired) electrons. The summed E-state index contributed by atoms with van der Waals surface area (Å²) >= 11 is 1.57. The standard InChI is InChI=1S/C18H20N4OS/c1-13-10-14(2)22(21-13)18-20-16(12-24-18)8-9-19-17(23)11-15-6-4-3-5-7-15/h3-7,10,12H,8-9,11H2,1-2H3,(H,19,23). The van der Waals surface area contributed by atoms with Crippen molar-refractivity contribution < 1.29 is 4.79 Å². The zero-order valence-electron chi connectivity index (χ0n) is 13.8. The minimum atomic E-state index is 0.0372. The maximum absolute atomic E-state index is 11.9. The highest BCUT2D eigenvalue weighted by Crippen LogP contribution is 2.17. The van der Waals surface area contributed by atoms with E-state index < -0.39 is 0 Å². The van der Waals surface area contributed by atoms with Crippen molar-refractivity contribution in [3.05, 3.63) is 64.4 Å². The van der Waals surface area contributed by atoms with Crippen LogP contribution in [0.15, 0.2) is 41.8 Å². The van der Waals surface area contributed by atoms with Crippen LogP contribution in [0.4, 0.5) is 0 Å². The first-order valence-electron chi connectivity index (χ1n) is 7.90. The maximum atomic E-state index is 11.9. The van der Waals surface area contributed by atoms with Crippen molar-refractivity contribution in [3.8, 4) is 5.13 Å². The van der Waals surface area contributed by atoms with Crippen molar-refractivity contribution in [1.82, 2.24) is 20.1 Å². The lowest BCUT2D eigenvalue weighted by Crippen LogP contribution is -2.27. The fraction of sp³-hybridized carbons (Fsp3) is 0.278. The monoisotopic (exact) mass is 340 g/mol. The van der Waals surface area contributed by atoms with E-state index >= 15 is 0 Å². The van der Waals surface area contributed by atoms with Gasteiger partial charge >= 0.3 is 0 Å². The molecule has 124 valence electrons. The largest absolute Gasteiger partial charge is 0.355 e. The van der Waals surface area contributed by atoms with Crippen molar-refractivity contribution in [2.75, 3.05) is 6.54 Å². The van der Waals surface area contributed by atoms with Crippen LogP contribution in [-0.4, -0.2) is 27.2 Å². The normalized spacial score (nSPS) is 10.8. The molecular weight excluding hydrogens is 320 g/mol. The van der Waals surface area contributed by atoms with Crippen LogP contribution in [0.2, 0.25) is 0 Å². The average molecular weight is 340 g/mol. The lowest BCUT2D eigenvalue weighted by Gasteiger charge is -2.04. The summed E-state index contributed by atoms with van der Waals surface area (Å²) < 4.78 is 1.86. The molecule has 0 saturated heterocycles. The number of carbonyl (C=O) groups is 1. The van der Waals surface area contributed by atoms with Gasteiger partial charge in [0.05, 0.1) is 17.8 Å². The molecule has 0 saturated carbocycles. The van der Waals surface area contributed by atoms with Gasteiger partial charge in [0, 0.05) is 24.0 Å². The first-order chi connectivity index (χ1) is 11.6. The van der Waals surface area contributed by atoms with Crippen LogP contribution >= 0.6 is 11.3 Å². The van der Waals surface area contributed by atoms with Crippen LogP contribution in [0.3, 0.4) is 0 Å². The molecule has 0 aliphatic rings. The van der Waals surface area contributed by atoms with Crippen LogP contribution in [0.25, 0.3) is 5.13 Å². The van der Waals surface area contributed by atoms with Crippen LogP contribution in [0, 0.1) is 13.8 Å². The van der Waals surface area contributed by atoms with Crippen molar-refractivity contribution in [2.45, 2.75) is 26.7 Å². The number of aryl methyl sites for hydroxylation is 2. The second-order valence-electron chi connectivity index (χ2n) is 5.72. The van der Waals surface area contributed by atoms with Gasteiger partial charge in [0.1, 0.15) is 0 Å². The molecule has 0 unspecified atom stereocenters. The number of nitrogens with zero attached hydrogens (tertiary/aromatic N) is 3. The molecule has 0 atom stereocenters. The molecule has 2 aromatic heterocycles. The number of rotatable bonds is 6. The van der Waals surface area contributed by atoms with E-state index in [0.29, 0.717) is 13.0 Å². The summed E-state index contributed by atoms with van der Waals surface area (Å²) in [4.78, 5) is 16.5. The van der Waals surface area contributed by atoms with Crippen LogP contribution in [0.5, 0.6) is 0 Å². The number of benzene rings is 1. The quantitative estimate of drug-likeness (QED) is 0.751. The van der Waals surface area contributed by atoms with Gasteiger partial charge in [-0.15, -0.1) is 11.3 Å². The lowest BCUT2D eigenvalue weighted by atomic mass is 10.1. The average Bonchev–Trinajstić information content (AvgIpc) is 3.14. The Balaban J connectivity index is 1.51. The molecule has 0 fully saturated rings. The molecule has 1 N–H and O–H groups in total. The minimum Gasteiger partial charge on any atom is -0.355 e. The third-order valence-electron chi connectivity index (χ3n) is 3.64. The summed E-state index contributed by atoms with van der Waals surface area (Å²) in [5, 5.41) is 10.3. The molecule has 3 rings (SSSR count). The molecule has 1 amide bonds. The Morgan fingerprint density at radius 3 is 2.75 bits per heavy atom. The molecule has 0 aliphatic heterocycles. The van der Waals surface area contributed by atoms with Gasteiger partial charge in [0.15, 0.2) is 0 Å². The summed E-state index contributed by atoms with van der Waals surface area (Å²) in [5.41, 5.74) is 4.06. The first kappa shape index (κ1) is 16.4. The van der Waals surface area contributed by atoms with Gasteiger partial charge in [0.25, 0.3) is 0 Å². The van der Waals surface area contributed by atoms with Crippen molar-refractivity contribution in [2.24, 2.45) is 0 Å². The Morgan fingerprint density at radius 2 is 2.04 bits per heavy atom. The predicted octanol–water partition coefficient (Wildman–Crippen LogP) is 2.85. The highest BCUT2D eigenvalue weighted by molar-refractivity contribution is 7.12. The van der Waals surface area contributed by atoms with Gasteiger partial charge in [-0.05, 0) is 25.5 Å². The number of thiazole rings is 1. The van der Waals surface area contributed by atoms with E-state index in [1.54, 1.807) is 11.3 Å². The Morgan fingerprint density at radius 1 is 1.25 bits per heavy atom. The minimum absolute atomic E-state index is 0.0372. The molecule has 0 bridgehead atoms. The molecule has 3 aromatic rings. The van der Waals surface area contributed by atoms with E-state index in [0.717, 1.165) is 34.2 Å². The molecular formula is C18H20N4OS. The maximum Gasteiger partial charge on any atom is 0.224 e. The number of carbonyl (C=O) groups excluding carboxylic acids is 1.